The van der Waals surface area contributed by atoms with E-state index in [9.17, 15) is 4.79 Å². The molecule has 3 saturated heterocycles. The Morgan fingerprint density at radius 2 is 1.92 bits per heavy atom. The molecule has 4 nitrogen and oxygen atoms in total. The molecule has 0 radical (unpaired) electrons. The van der Waals surface area contributed by atoms with Crippen LogP contribution in [0, 0.1) is 17.8 Å². The van der Waals surface area contributed by atoms with Crippen LogP contribution >= 0.6 is 36.2 Å². The van der Waals surface area contributed by atoms with Crippen LogP contribution in [-0.2, 0) is 0 Å². The number of hydrogen-bond acceptors (Lipinski definition) is 3. The van der Waals surface area contributed by atoms with Crippen LogP contribution in [0.5, 0.6) is 0 Å². The minimum atomic E-state index is 0. The molecule has 1 aliphatic carbocycles. The first-order chi connectivity index (χ1) is 10.8. The summed E-state index contributed by atoms with van der Waals surface area (Å²) >= 11 is 1.74. The third kappa shape index (κ3) is 2.96. The first kappa shape index (κ1) is 18.1. The minimum Gasteiger partial charge on any atom is -0.334 e. The molecule has 0 aromatic carbocycles. The SMILES string of the molecule is Cl.Cl.O=C(NC1C2CC3CC1CN(C3)C2)N1C=c2ccsc2=CC1. The topological polar surface area (TPSA) is 35.6 Å². The molecule has 4 fully saturated rings. The minimum absolute atomic E-state index is 0. The predicted molar refractivity (Wildman–Crippen MR) is 102 cm³/mol. The van der Waals surface area contributed by atoms with Gasteiger partial charge in [-0.3, -0.25) is 4.90 Å². The van der Waals surface area contributed by atoms with Gasteiger partial charge in [-0.2, -0.15) is 0 Å². The number of halogens is 2. The number of hydrogen-bond donors (Lipinski definition) is 1. The van der Waals surface area contributed by atoms with Gasteiger partial charge in [0.15, 0.2) is 0 Å². The van der Waals surface area contributed by atoms with Gasteiger partial charge in [0.25, 0.3) is 0 Å². The lowest BCUT2D eigenvalue weighted by molar-refractivity contribution is -0.0411. The van der Waals surface area contributed by atoms with E-state index in [0.717, 1.165) is 5.92 Å². The summed E-state index contributed by atoms with van der Waals surface area (Å²) < 4.78 is 1.28. The smallest absolute Gasteiger partial charge is 0.321 e. The summed E-state index contributed by atoms with van der Waals surface area (Å²) in [5.74, 6) is 2.22. The summed E-state index contributed by atoms with van der Waals surface area (Å²) in [5, 5.41) is 6.62. The number of nitrogens with zero attached hydrogens (tertiary/aromatic N) is 2. The fourth-order valence-corrected chi connectivity index (χ4v) is 5.80. The number of thiophene rings is 1. The zero-order valence-electron chi connectivity index (χ0n) is 13.4. The molecule has 2 unspecified atom stereocenters. The van der Waals surface area contributed by atoms with Crippen molar-refractivity contribution in [1.82, 2.24) is 15.1 Å². The Morgan fingerprint density at radius 3 is 2.62 bits per heavy atom. The second kappa shape index (κ2) is 6.87. The van der Waals surface area contributed by atoms with Gasteiger partial charge in [-0.1, -0.05) is 0 Å². The van der Waals surface area contributed by atoms with Crippen molar-refractivity contribution in [3.8, 4) is 0 Å². The zero-order valence-corrected chi connectivity index (χ0v) is 15.8. The van der Waals surface area contributed by atoms with Crippen molar-refractivity contribution < 1.29 is 4.79 Å². The Morgan fingerprint density at radius 1 is 1.17 bits per heavy atom. The van der Waals surface area contributed by atoms with E-state index in [1.54, 1.807) is 11.3 Å². The highest BCUT2D eigenvalue weighted by molar-refractivity contribution is 7.07. The number of rotatable bonds is 1. The highest BCUT2D eigenvalue weighted by atomic mass is 35.5. The fourth-order valence-electron chi connectivity index (χ4n) is 5.02. The number of carbonyl (C=O) groups is 1. The first-order valence-electron chi connectivity index (χ1n) is 8.31. The number of piperidine rings is 3. The Kier molecular flexibility index (Phi) is 5.17. The summed E-state index contributed by atoms with van der Waals surface area (Å²) in [6.07, 6.45) is 6.77. The van der Waals surface area contributed by atoms with Crippen LogP contribution in [0.1, 0.15) is 12.8 Å². The molecule has 2 amide bonds. The van der Waals surface area contributed by atoms with Crippen molar-refractivity contribution in [3.05, 3.63) is 21.2 Å². The van der Waals surface area contributed by atoms with E-state index in [2.05, 4.69) is 27.7 Å². The van der Waals surface area contributed by atoms with E-state index in [-0.39, 0.29) is 30.8 Å². The van der Waals surface area contributed by atoms with E-state index < -0.39 is 0 Å². The van der Waals surface area contributed by atoms with Crippen molar-refractivity contribution in [2.24, 2.45) is 17.8 Å². The van der Waals surface area contributed by atoms with Crippen molar-refractivity contribution >= 4 is 54.5 Å². The van der Waals surface area contributed by atoms with E-state index in [1.807, 2.05) is 11.1 Å². The maximum absolute atomic E-state index is 12.7. The Hall–Kier alpha value is -0.750. The average molecular weight is 388 g/mol. The standard InChI is InChI=1S/C17H21N3OS.2ClH/c21-17(20-3-1-15-12(10-20)2-4-22-15)18-16-13-5-11-6-14(16)9-19(7-11)8-13;;/h1-2,4,10-11,13-14,16H,3,5-9H2,(H,18,21);2*1H. The summed E-state index contributed by atoms with van der Waals surface area (Å²) in [6, 6.07) is 2.56. The van der Waals surface area contributed by atoms with Crippen LogP contribution in [0.3, 0.4) is 0 Å². The predicted octanol–water partition coefficient (Wildman–Crippen LogP) is 1.48. The van der Waals surface area contributed by atoms with Crippen molar-refractivity contribution in [2.45, 2.75) is 18.9 Å². The summed E-state index contributed by atoms with van der Waals surface area (Å²) in [5.41, 5.74) is 0. The maximum atomic E-state index is 12.7. The highest BCUT2D eigenvalue weighted by Crippen LogP contribution is 2.43. The van der Waals surface area contributed by atoms with E-state index in [0.29, 0.717) is 24.4 Å². The van der Waals surface area contributed by atoms with E-state index in [4.69, 9.17) is 0 Å². The van der Waals surface area contributed by atoms with Crippen LogP contribution in [0.25, 0.3) is 12.3 Å². The highest BCUT2D eigenvalue weighted by Gasteiger charge is 2.48. The Balaban J connectivity index is 0.000000845. The molecule has 1 saturated carbocycles. The van der Waals surface area contributed by atoms with Gasteiger partial charge in [0, 0.05) is 48.2 Å². The molecule has 5 aliphatic rings. The van der Waals surface area contributed by atoms with Gasteiger partial charge in [-0.05, 0) is 48.1 Å². The number of fused-ring (bicyclic) bond motifs is 1. The average Bonchev–Trinajstić information content (AvgIpc) is 2.97. The van der Waals surface area contributed by atoms with Crippen LogP contribution in [0.2, 0.25) is 0 Å². The van der Waals surface area contributed by atoms with Crippen LogP contribution < -0.4 is 15.1 Å². The molecule has 6 rings (SSSR count). The Labute approximate surface area is 158 Å². The molecule has 7 heteroatoms. The molecule has 132 valence electrons. The quantitative estimate of drug-likeness (QED) is 0.791. The van der Waals surface area contributed by atoms with Crippen LogP contribution in [0.15, 0.2) is 11.4 Å². The third-order valence-electron chi connectivity index (χ3n) is 5.84. The molecule has 4 aliphatic heterocycles. The fraction of sp³-hybridized carbons (Fsp3) is 0.588. The van der Waals surface area contributed by atoms with Crippen LogP contribution in [0.4, 0.5) is 4.79 Å². The van der Waals surface area contributed by atoms with Crippen LogP contribution in [-0.4, -0.2) is 48.1 Å². The Bertz CT molecular complexity index is 706. The number of urea groups is 1. The number of nitrogens with one attached hydrogen (secondary N) is 1. The van der Waals surface area contributed by atoms with Crippen molar-refractivity contribution in [2.75, 3.05) is 26.2 Å². The number of amides is 2. The third-order valence-corrected chi connectivity index (χ3v) is 6.76. The second-order valence-corrected chi connectivity index (χ2v) is 8.22. The van der Waals surface area contributed by atoms with Gasteiger partial charge in [0.2, 0.25) is 0 Å². The van der Waals surface area contributed by atoms with Gasteiger partial charge in [-0.25, -0.2) is 4.79 Å². The lowest BCUT2D eigenvalue weighted by Gasteiger charge is -2.56. The van der Waals surface area contributed by atoms with Crippen molar-refractivity contribution in [1.29, 1.82) is 0 Å². The van der Waals surface area contributed by atoms with E-state index in [1.165, 1.54) is 42.2 Å². The molecule has 1 aromatic rings. The van der Waals surface area contributed by atoms with Gasteiger partial charge in [-0.15, -0.1) is 36.2 Å². The van der Waals surface area contributed by atoms with E-state index >= 15 is 0 Å². The lowest BCUT2D eigenvalue weighted by atomic mass is 9.65. The summed E-state index contributed by atoms with van der Waals surface area (Å²) in [4.78, 5) is 17.1. The molecular weight excluding hydrogens is 365 g/mol. The van der Waals surface area contributed by atoms with Gasteiger partial charge < -0.3 is 10.2 Å². The monoisotopic (exact) mass is 387 g/mol. The number of carbonyl (C=O) groups excluding carboxylic acids is 1. The second-order valence-electron chi connectivity index (χ2n) is 7.28. The largest absolute Gasteiger partial charge is 0.334 e. The summed E-state index contributed by atoms with van der Waals surface area (Å²) in [7, 11) is 0. The molecule has 4 bridgehead atoms. The molecule has 5 heterocycles. The molecule has 0 spiro atoms. The molecule has 1 aromatic heterocycles. The molecular formula is C17H23Cl2N3OS. The van der Waals surface area contributed by atoms with Crippen molar-refractivity contribution in [3.63, 3.8) is 0 Å². The first-order valence-corrected chi connectivity index (χ1v) is 9.19. The summed E-state index contributed by atoms with van der Waals surface area (Å²) in [6.45, 7) is 4.35. The maximum Gasteiger partial charge on any atom is 0.321 e. The zero-order chi connectivity index (χ0) is 14.7. The van der Waals surface area contributed by atoms with Gasteiger partial charge in [0.1, 0.15) is 0 Å². The molecule has 2 atom stereocenters. The lowest BCUT2D eigenvalue weighted by Crippen LogP contribution is -2.65. The van der Waals surface area contributed by atoms with Gasteiger partial charge >= 0.3 is 6.03 Å². The normalized spacial score (nSPS) is 35.0. The van der Waals surface area contributed by atoms with Gasteiger partial charge in [0.05, 0.1) is 0 Å². The molecule has 24 heavy (non-hydrogen) atoms. The molecule has 1 N–H and O–H groups in total.